The molecule has 0 unspecified atom stereocenters. The summed E-state index contributed by atoms with van der Waals surface area (Å²) in [4.78, 5) is 19.1. The summed E-state index contributed by atoms with van der Waals surface area (Å²) >= 11 is 2.19. The maximum Gasteiger partial charge on any atom is 0.358 e. The van der Waals surface area contributed by atoms with Gasteiger partial charge in [-0.3, -0.25) is 0 Å². The fourth-order valence-corrected chi connectivity index (χ4v) is 4.03. The Morgan fingerprint density at radius 3 is 2.84 bits per heavy atom. The molecule has 0 aliphatic rings. The van der Waals surface area contributed by atoms with Crippen molar-refractivity contribution in [1.29, 1.82) is 0 Å². The first-order valence-electron chi connectivity index (χ1n) is 4.94. The van der Waals surface area contributed by atoms with Gasteiger partial charge < -0.3 is 4.74 Å². The second-order valence-electron chi connectivity index (χ2n) is 3.23. The van der Waals surface area contributed by atoms with Crippen LogP contribution in [-0.4, -0.2) is 31.5 Å². The van der Waals surface area contributed by atoms with Gasteiger partial charge in [-0.2, -0.15) is 0 Å². The van der Waals surface area contributed by atoms with Crippen LogP contribution >= 0.6 is 22.7 Å². The van der Waals surface area contributed by atoms with Crippen molar-refractivity contribution in [3.8, 4) is 0 Å². The van der Waals surface area contributed by atoms with Crippen LogP contribution in [-0.2, 0) is 21.3 Å². The van der Waals surface area contributed by atoms with Crippen molar-refractivity contribution in [3.63, 3.8) is 0 Å². The lowest BCUT2D eigenvalue weighted by atomic mass is 10.5. The minimum absolute atomic E-state index is 0.0680. The quantitative estimate of drug-likeness (QED) is 0.821. The third-order valence-electron chi connectivity index (χ3n) is 2.05. The number of esters is 1. The van der Waals surface area contributed by atoms with E-state index >= 15 is 0 Å². The molecule has 0 amide bonds. The predicted octanol–water partition coefficient (Wildman–Crippen LogP) is 0.865. The van der Waals surface area contributed by atoms with E-state index in [1.807, 2.05) is 0 Å². The molecule has 19 heavy (non-hydrogen) atoms. The number of ether oxygens (including phenoxy) is 1. The van der Waals surface area contributed by atoms with Crippen molar-refractivity contribution in [3.05, 3.63) is 27.8 Å². The second kappa shape index (κ2) is 5.74. The first-order chi connectivity index (χ1) is 9.04. The van der Waals surface area contributed by atoms with Gasteiger partial charge in [0.2, 0.25) is 0 Å². The summed E-state index contributed by atoms with van der Waals surface area (Å²) in [6.07, 6.45) is 1.58. The Hall–Kier alpha value is -1.36. The monoisotopic (exact) mass is 319 g/mol. The van der Waals surface area contributed by atoms with Gasteiger partial charge in [0, 0.05) is 11.6 Å². The highest BCUT2D eigenvalue weighted by Crippen LogP contribution is 2.20. The Balaban J connectivity index is 2.20. The van der Waals surface area contributed by atoms with Crippen molar-refractivity contribution in [2.75, 3.05) is 7.11 Å². The first-order valence-corrected chi connectivity index (χ1v) is 8.18. The van der Waals surface area contributed by atoms with Gasteiger partial charge in [0.05, 0.1) is 19.2 Å². The minimum Gasteiger partial charge on any atom is -0.464 e. The molecule has 0 atom stereocenters. The van der Waals surface area contributed by atoms with E-state index in [9.17, 15) is 13.2 Å². The molecule has 0 bridgehead atoms. The molecule has 0 radical (unpaired) electrons. The molecule has 2 aromatic heterocycles. The van der Waals surface area contributed by atoms with E-state index in [0.717, 1.165) is 11.3 Å². The number of thiazole rings is 2. The number of carbonyl (C=O) groups excluding carboxylic acids is 1. The molecule has 0 aliphatic heterocycles. The number of sulfonamides is 1. The summed E-state index contributed by atoms with van der Waals surface area (Å²) in [5.41, 5.74) is 1.07. The van der Waals surface area contributed by atoms with Crippen LogP contribution in [0.3, 0.4) is 0 Å². The number of hydrogen-bond acceptors (Lipinski definition) is 8. The van der Waals surface area contributed by atoms with Gasteiger partial charge in [-0.15, -0.1) is 22.7 Å². The zero-order chi connectivity index (χ0) is 13.9. The molecule has 0 fully saturated rings. The van der Waals surface area contributed by atoms with Crippen LogP contribution in [0.15, 0.2) is 21.3 Å². The van der Waals surface area contributed by atoms with E-state index in [2.05, 4.69) is 19.4 Å². The summed E-state index contributed by atoms with van der Waals surface area (Å²) in [6.45, 7) is 0.0680. The lowest BCUT2D eigenvalue weighted by molar-refractivity contribution is 0.0590. The zero-order valence-electron chi connectivity index (χ0n) is 9.69. The zero-order valence-corrected chi connectivity index (χ0v) is 12.1. The van der Waals surface area contributed by atoms with Gasteiger partial charge in [-0.1, -0.05) is 0 Å². The summed E-state index contributed by atoms with van der Waals surface area (Å²) < 4.78 is 30.8. The second-order valence-corrected chi connectivity index (χ2v) is 7.03. The maximum absolute atomic E-state index is 12.1. The normalized spacial score (nSPS) is 11.4. The van der Waals surface area contributed by atoms with Crippen molar-refractivity contribution in [1.82, 2.24) is 14.7 Å². The first kappa shape index (κ1) is 14.1. The van der Waals surface area contributed by atoms with E-state index in [0.29, 0.717) is 5.01 Å². The van der Waals surface area contributed by atoms with Gasteiger partial charge >= 0.3 is 5.97 Å². The van der Waals surface area contributed by atoms with Crippen LogP contribution in [0.5, 0.6) is 0 Å². The Labute approximate surface area is 117 Å². The molecule has 2 heterocycles. The molecule has 2 aromatic rings. The van der Waals surface area contributed by atoms with Gasteiger partial charge in [-0.25, -0.2) is 27.9 Å². The van der Waals surface area contributed by atoms with Crippen molar-refractivity contribution >= 4 is 38.7 Å². The highest BCUT2D eigenvalue weighted by molar-refractivity contribution is 7.91. The standard InChI is InChI=1S/C9H9N3O4S3/c1-16-8(13)7-9(18-5-11-7)19(14,15)12-4-6-10-2-3-17-6/h2-3,5,12H,4H2,1H3. The third kappa shape index (κ3) is 3.15. The Morgan fingerprint density at radius 2 is 2.21 bits per heavy atom. The molecular formula is C9H9N3O4S3. The van der Waals surface area contributed by atoms with Gasteiger partial charge in [0.25, 0.3) is 10.0 Å². The molecular weight excluding hydrogens is 310 g/mol. The number of rotatable bonds is 5. The lowest BCUT2D eigenvalue weighted by Gasteiger charge is -2.04. The molecule has 7 nitrogen and oxygen atoms in total. The van der Waals surface area contributed by atoms with Gasteiger partial charge in [0.15, 0.2) is 9.90 Å². The summed E-state index contributed by atoms with van der Waals surface area (Å²) in [6, 6.07) is 0. The fourth-order valence-electron chi connectivity index (χ4n) is 1.22. The third-order valence-corrected chi connectivity index (χ3v) is 5.61. The maximum atomic E-state index is 12.1. The molecule has 10 heteroatoms. The lowest BCUT2D eigenvalue weighted by Crippen LogP contribution is -2.24. The molecule has 0 saturated heterocycles. The van der Waals surface area contributed by atoms with Gasteiger partial charge in [-0.05, 0) is 0 Å². The Bertz CT molecular complexity index is 663. The average Bonchev–Trinajstić information content (AvgIpc) is 3.06. The highest BCUT2D eigenvalue weighted by atomic mass is 32.2. The van der Waals surface area contributed by atoms with E-state index < -0.39 is 16.0 Å². The molecule has 0 aromatic carbocycles. The van der Waals surface area contributed by atoms with Crippen LogP contribution in [0.2, 0.25) is 0 Å². The number of carbonyl (C=O) groups is 1. The summed E-state index contributed by atoms with van der Waals surface area (Å²) in [5.74, 6) is -0.782. The van der Waals surface area contributed by atoms with Crippen molar-refractivity contribution in [2.24, 2.45) is 0 Å². The molecule has 0 saturated carbocycles. The average molecular weight is 319 g/mol. The summed E-state index contributed by atoms with van der Waals surface area (Å²) in [5, 5.41) is 2.38. The van der Waals surface area contributed by atoms with Crippen LogP contribution in [0, 0.1) is 0 Å². The number of aromatic nitrogens is 2. The van der Waals surface area contributed by atoms with Crippen molar-refractivity contribution < 1.29 is 17.9 Å². The van der Waals surface area contributed by atoms with Crippen LogP contribution in [0.25, 0.3) is 0 Å². The number of methoxy groups -OCH3 is 1. The Kier molecular flexibility index (Phi) is 4.24. The van der Waals surface area contributed by atoms with Crippen molar-refractivity contribution in [2.45, 2.75) is 10.8 Å². The minimum atomic E-state index is -3.81. The highest BCUT2D eigenvalue weighted by Gasteiger charge is 2.26. The predicted molar refractivity (Wildman–Crippen MR) is 69.6 cm³/mol. The number of nitrogens with one attached hydrogen (secondary N) is 1. The summed E-state index contributed by atoms with van der Waals surface area (Å²) in [7, 11) is -2.64. The van der Waals surface area contributed by atoms with Crippen LogP contribution < -0.4 is 4.72 Å². The molecule has 2 rings (SSSR count). The van der Waals surface area contributed by atoms with Gasteiger partial charge in [0.1, 0.15) is 5.01 Å². The molecule has 0 aliphatic carbocycles. The SMILES string of the molecule is COC(=O)c1ncsc1S(=O)(=O)NCc1nccs1. The molecule has 102 valence electrons. The number of nitrogens with zero attached hydrogens (tertiary/aromatic N) is 2. The molecule has 0 spiro atoms. The van der Waals surface area contributed by atoms with E-state index in [4.69, 9.17) is 0 Å². The number of hydrogen-bond donors (Lipinski definition) is 1. The topological polar surface area (TPSA) is 98.2 Å². The molecule has 1 N–H and O–H groups in total. The van der Waals surface area contributed by atoms with Crippen LogP contribution in [0.1, 0.15) is 15.5 Å². The van der Waals surface area contributed by atoms with Crippen LogP contribution in [0.4, 0.5) is 0 Å². The smallest absolute Gasteiger partial charge is 0.358 e. The van der Waals surface area contributed by atoms with E-state index in [1.165, 1.54) is 24.0 Å². The largest absolute Gasteiger partial charge is 0.464 e. The van der Waals surface area contributed by atoms with E-state index in [1.54, 1.807) is 11.6 Å². The fraction of sp³-hybridized carbons (Fsp3) is 0.222. The van der Waals surface area contributed by atoms with E-state index in [-0.39, 0.29) is 16.4 Å². The Morgan fingerprint density at radius 1 is 1.42 bits per heavy atom.